The lowest BCUT2D eigenvalue weighted by Gasteiger charge is -2.26. The molecule has 0 spiro atoms. The Labute approximate surface area is 155 Å². The summed E-state index contributed by atoms with van der Waals surface area (Å²) in [6.07, 6.45) is 1.05. The molecule has 0 aliphatic carbocycles. The standard InChI is InChI=1S/C15H16Cl2N2O3S2/c1-2-4-13(20)18-15-19(14-9(16)5-3-6-10(14)17)11-7-24(21,22)8-12(11)23-15/h3,5-6,11-12H,2,4,7-8H2,1H3/t11-,12+/m0/s1. The molecule has 24 heavy (non-hydrogen) atoms. The SMILES string of the molecule is CCCC(=O)N=C1S[C@@H]2CS(=O)(=O)C[C@@H]2N1c1c(Cl)cccc1Cl. The molecule has 1 amide bonds. The van der Waals surface area contributed by atoms with Crippen LogP contribution in [0, 0.1) is 0 Å². The summed E-state index contributed by atoms with van der Waals surface area (Å²) >= 11 is 13.9. The van der Waals surface area contributed by atoms with E-state index in [0.29, 0.717) is 33.7 Å². The highest BCUT2D eigenvalue weighted by atomic mass is 35.5. The van der Waals surface area contributed by atoms with Crippen LogP contribution in [0.1, 0.15) is 19.8 Å². The van der Waals surface area contributed by atoms with Crippen LogP contribution < -0.4 is 4.90 Å². The molecule has 2 fully saturated rings. The molecule has 2 saturated heterocycles. The third kappa shape index (κ3) is 3.45. The number of anilines is 1. The van der Waals surface area contributed by atoms with Crippen molar-refractivity contribution in [3.05, 3.63) is 28.2 Å². The zero-order valence-corrected chi connectivity index (χ0v) is 16.1. The quantitative estimate of drug-likeness (QED) is 0.769. The summed E-state index contributed by atoms with van der Waals surface area (Å²) in [5, 5.41) is 1.12. The maximum atomic E-state index is 12.0. The fraction of sp³-hybridized carbons (Fsp3) is 0.467. The van der Waals surface area contributed by atoms with Gasteiger partial charge >= 0.3 is 0 Å². The van der Waals surface area contributed by atoms with Gasteiger partial charge in [-0.2, -0.15) is 4.99 Å². The van der Waals surface area contributed by atoms with Gasteiger partial charge in [0, 0.05) is 11.7 Å². The number of aliphatic imine (C=N–C) groups is 1. The molecule has 0 aromatic heterocycles. The number of benzene rings is 1. The number of amides is 1. The topological polar surface area (TPSA) is 66.8 Å². The van der Waals surface area contributed by atoms with Crippen LogP contribution in [0.4, 0.5) is 5.69 Å². The maximum absolute atomic E-state index is 12.0. The molecule has 0 saturated carbocycles. The van der Waals surface area contributed by atoms with E-state index >= 15 is 0 Å². The van der Waals surface area contributed by atoms with Crippen molar-refractivity contribution >= 4 is 61.6 Å². The minimum atomic E-state index is -3.12. The fourth-order valence-electron chi connectivity index (χ4n) is 2.92. The molecule has 9 heteroatoms. The number of nitrogens with zero attached hydrogens (tertiary/aromatic N) is 2. The molecule has 2 atom stereocenters. The number of halogens is 2. The Morgan fingerprint density at radius 3 is 2.62 bits per heavy atom. The number of carbonyl (C=O) groups is 1. The molecule has 2 aliphatic rings. The van der Waals surface area contributed by atoms with Crippen LogP contribution >= 0.6 is 35.0 Å². The van der Waals surface area contributed by atoms with Crippen molar-refractivity contribution in [3.8, 4) is 0 Å². The van der Waals surface area contributed by atoms with Crippen LogP contribution in [0.15, 0.2) is 23.2 Å². The Hall–Kier alpha value is -0.760. The summed E-state index contributed by atoms with van der Waals surface area (Å²) in [5.41, 5.74) is 0.515. The monoisotopic (exact) mass is 406 g/mol. The van der Waals surface area contributed by atoms with Gasteiger partial charge in [-0.25, -0.2) is 8.42 Å². The van der Waals surface area contributed by atoms with Gasteiger partial charge < -0.3 is 4.90 Å². The van der Waals surface area contributed by atoms with Crippen LogP contribution in [0.5, 0.6) is 0 Å². The third-order valence-corrected chi connectivity index (χ3v) is 7.75. The van der Waals surface area contributed by atoms with Crippen LogP contribution in [0.25, 0.3) is 0 Å². The van der Waals surface area contributed by atoms with Crippen molar-refractivity contribution in [1.82, 2.24) is 0 Å². The molecule has 2 aliphatic heterocycles. The van der Waals surface area contributed by atoms with Crippen molar-refractivity contribution in [2.45, 2.75) is 31.1 Å². The summed E-state index contributed by atoms with van der Waals surface area (Å²) in [4.78, 5) is 17.9. The predicted molar refractivity (Wildman–Crippen MR) is 100 cm³/mol. The van der Waals surface area contributed by atoms with Crippen molar-refractivity contribution in [2.75, 3.05) is 16.4 Å². The molecule has 0 unspecified atom stereocenters. The summed E-state index contributed by atoms with van der Waals surface area (Å²) in [5.74, 6) is -0.147. The molecule has 0 radical (unpaired) electrons. The molecule has 0 bridgehead atoms. The summed E-state index contributed by atoms with van der Waals surface area (Å²) in [6, 6.07) is 4.79. The second kappa shape index (κ2) is 6.86. The number of carbonyl (C=O) groups excluding carboxylic acids is 1. The molecular weight excluding hydrogens is 391 g/mol. The van der Waals surface area contributed by atoms with Crippen LogP contribution in [0.2, 0.25) is 10.0 Å². The van der Waals surface area contributed by atoms with E-state index in [2.05, 4.69) is 4.99 Å². The van der Waals surface area contributed by atoms with E-state index in [1.807, 2.05) is 6.92 Å². The first kappa shape index (κ1) is 18.0. The van der Waals surface area contributed by atoms with Gasteiger partial charge in [0.1, 0.15) is 0 Å². The van der Waals surface area contributed by atoms with Gasteiger partial charge in [-0.1, -0.05) is 48.0 Å². The van der Waals surface area contributed by atoms with Crippen molar-refractivity contribution in [2.24, 2.45) is 4.99 Å². The number of amidine groups is 1. The van der Waals surface area contributed by atoms with Gasteiger partial charge in [0.15, 0.2) is 15.0 Å². The lowest BCUT2D eigenvalue weighted by Crippen LogP contribution is -2.38. The Balaban J connectivity index is 2.07. The Morgan fingerprint density at radius 1 is 1.33 bits per heavy atom. The molecule has 5 nitrogen and oxygen atoms in total. The van der Waals surface area contributed by atoms with Crippen LogP contribution in [0.3, 0.4) is 0 Å². The third-order valence-electron chi connectivity index (χ3n) is 3.93. The highest BCUT2D eigenvalue weighted by Gasteiger charge is 2.50. The smallest absolute Gasteiger partial charge is 0.248 e. The van der Waals surface area contributed by atoms with Crippen LogP contribution in [-0.4, -0.2) is 42.3 Å². The van der Waals surface area contributed by atoms with E-state index in [4.69, 9.17) is 23.2 Å². The van der Waals surface area contributed by atoms with Gasteiger partial charge in [0.2, 0.25) is 5.91 Å². The van der Waals surface area contributed by atoms with E-state index in [9.17, 15) is 13.2 Å². The van der Waals surface area contributed by atoms with Gasteiger partial charge in [0.25, 0.3) is 0 Å². The molecule has 1 aromatic rings. The van der Waals surface area contributed by atoms with Gasteiger partial charge in [-0.3, -0.25) is 4.79 Å². The zero-order chi connectivity index (χ0) is 17.5. The van der Waals surface area contributed by atoms with Gasteiger partial charge in [-0.05, 0) is 18.6 Å². The molecule has 0 N–H and O–H groups in total. The lowest BCUT2D eigenvalue weighted by molar-refractivity contribution is -0.117. The number of hydrogen-bond acceptors (Lipinski definition) is 4. The van der Waals surface area contributed by atoms with Gasteiger partial charge in [-0.15, -0.1) is 0 Å². The average molecular weight is 407 g/mol. The number of thioether (sulfide) groups is 1. The van der Waals surface area contributed by atoms with Crippen molar-refractivity contribution < 1.29 is 13.2 Å². The van der Waals surface area contributed by atoms with E-state index in [-0.39, 0.29) is 28.7 Å². The second-order valence-corrected chi connectivity index (χ2v) is 9.95. The average Bonchev–Trinajstić information content (AvgIpc) is 2.92. The highest BCUT2D eigenvalue weighted by Crippen LogP contribution is 2.45. The summed E-state index contributed by atoms with van der Waals surface area (Å²) in [6.45, 7) is 1.91. The largest absolute Gasteiger partial charge is 0.313 e. The zero-order valence-electron chi connectivity index (χ0n) is 12.9. The number of sulfone groups is 1. The summed E-state index contributed by atoms with van der Waals surface area (Å²) in [7, 11) is -3.12. The van der Waals surface area contributed by atoms with E-state index in [1.165, 1.54) is 11.8 Å². The first-order valence-electron chi connectivity index (χ1n) is 7.54. The maximum Gasteiger partial charge on any atom is 0.248 e. The number of rotatable bonds is 3. The molecular formula is C15H16Cl2N2O3S2. The lowest BCUT2D eigenvalue weighted by atomic mass is 10.2. The number of fused-ring (bicyclic) bond motifs is 1. The highest BCUT2D eigenvalue weighted by molar-refractivity contribution is 8.16. The van der Waals surface area contributed by atoms with E-state index in [1.54, 1.807) is 23.1 Å². The van der Waals surface area contributed by atoms with Crippen molar-refractivity contribution in [3.63, 3.8) is 0 Å². The minimum absolute atomic E-state index is 0.00715. The van der Waals surface area contributed by atoms with E-state index < -0.39 is 9.84 Å². The van der Waals surface area contributed by atoms with Gasteiger partial charge in [0.05, 0.1) is 33.3 Å². The molecule has 3 rings (SSSR count). The molecule has 1 aromatic carbocycles. The van der Waals surface area contributed by atoms with E-state index in [0.717, 1.165) is 0 Å². The Kier molecular flexibility index (Phi) is 5.16. The Morgan fingerprint density at radius 2 is 2.00 bits per heavy atom. The fourth-order valence-corrected chi connectivity index (χ4v) is 7.42. The normalized spacial score (nSPS) is 26.8. The second-order valence-electron chi connectivity index (χ2n) is 5.78. The number of hydrogen-bond donors (Lipinski definition) is 0. The Bertz CT molecular complexity index is 791. The summed E-state index contributed by atoms with van der Waals surface area (Å²) < 4.78 is 24.0. The molecule has 130 valence electrons. The minimum Gasteiger partial charge on any atom is -0.313 e. The number of para-hydroxylation sites is 1. The van der Waals surface area contributed by atoms with Crippen LogP contribution in [-0.2, 0) is 14.6 Å². The predicted octanol–water partition coefficient (Wildman–Crippen LogP) is 3.39. The first-order valence-corrected chi connectivity index (χ1v) is 11.0. The van der Waals surface area contributed by atoms with Crippen molar-refractivity contribution in [1.29, 1.82) is 0 Å². The molecule has 2 heterocycles. The first-order chi connectivity index (χ1) is 11.3.